The number of amides is 2. The third-order valence-electron chi connectivity index (χ3n) is 5.20. The number of halogens is 1. The zero-order chi connectivity index (χ0) is 21.0. The third-order valence-corrected chi connectivity index (χ3v) is 5.20. The highest BCUT2D eigenvalue weighted by atomic mass is 19.1. The van der Waals surface area contributed by atoms with E-state index >= 15 is 0 Å². The zero-order valence-electron chi connectivity index (χ0n) is 16.9. The number of nitrogens with one attached hydrogen (secondary N) is 1. The minimum absolute atomic E-state index is 0.112. The third kappa shape index (κ3) is 4.90. The molecule has 0 saturated heterocycles. The fourth-order valence-electron chi connectivity index (χ4n) is 3.68. The van der Waals surface area contributed by atoms with Gasteiger partial charge in [0.15, 0.2) is 0 Å². The van der Waals surface area contributed by atoms with Crippen LogP contribution in [-0.4, -0.2) is 42.3 Å². The highest BCUT2D eigenvalue weighted by Gasteiger charge is 2.28. The molecule has 0 aliphatic carbocycles. The molecular formula is C23H26FN3O2. The molecule has 0 fully saturated rings. The lowest BCUT2D eigenvalue weighted by atomic mass is 9.93. The molecule has 1 N–H and O–H groups in total. The lowest BCUT2D eigenvalue weighted by Crippen LogP contribution is -2.38. The molecule has 0 saturated carbocycles. The maximum absolute atomic E-state index is 13.6. The Morgan fingerprint density at radius 2 is 1.93 bits per heavy atom. The predicted octanol–water partition coefficient (Wildman–Crippen LogP) is 3.51. The number of fused-ring (bicyclic) bond motifs is 1. The maximum Gasteiger partial charge on any atom is 0.223 e. The molecule has 6 heteroatoms. The molecule has 2 aromatic rings. The minimum atomic E-state index is -0.347. The summed E-state index contributed by atoms with van der Waals surface area (Å²) in [7, 11) is 3.78. The molecule has 0 unspecified atom stereocenters. The van der Waals surface area contributed by atoms with Gasteiger partial charge in [0, 0.05) is 19.7 Å². The number of likely N-dealkylation sites (N-methyl/N-ethyl adjacent to an activating group) is 1. The van der Waals surface area contributed by atoms with E-state index in [4.69, 9.17) is 0 Å². The summed E-state index contributed by atoms with van der Waals surface area (Å²) in [5.41, 5.74) is 2.76. The van der Waals surface area contributed by atoms with E-state index in [1.165, 1.54) is 19.1 Å². The van der Waals surface area contributed by atoms with Gasteiger partial charge in [-0.3, -0.25) is 9.59 Å². The number of hydrogen-bond acceptors (Lipinski definition) is 3. The molecule has 29 heavy (non-hydrogen) atoms. The fraction of sp³-hybridized carbons (Fsp3) is 0.304. The lowest BCUT2D eigenvalue weighted by Gasteiger charge is -2.32. The molecular weight excluding hydrogens is 369 g/mol. The van der Waals surface area contributed by atoms with Gasteiger partial charge in [-0.2, -0.15) is 0 Å². The first-order chi connectivity index (χ1) is 13.9. The van der Waals surface area contributed by atoms with Crippen molar-refractivity contribution in [3.8, 4) is 0 Å². The summed E-state index contributed by atoms with van der Waals surface area (Å²) in [6.07, 6.45) is 3.78. The van der Waals surface area contributed by atoms with E-state index in [9.17, 15) is 14.0 Å². The van der Waals surface area contributed by atoms with Crippen LogP contribution in [0.4, 0.5) is 4.39 Å². The SMILES string of the molecule is CC(=O)N1C=Cc2ccccc2[C@H]1CC(=O)NC[C@@H](c1cccc(F)c1)N(C)C. The molecule has 1 aliphatic rings. The Morgan fingerprint density at radius 3 is 2.62 bits per heavy atom. The molecule has 2 amide bonds. The Kier molecular flexibility index (Phi) is 6.44. The zero-order valence-corrected chi connectivity index (χ0v) is 16.9. The van der Waals surface area contributed by atoms with Crippen molar-refractivity contribution in [2.24, 2.45) is 0 Å². The summed E-state index contributed by atoms with van der Waals surface area (Å²) in [5, 5.41) is 2.95. The minimum Gasteiger partial charge on any atom is -0.354 e. The standard InChI is InChI=1S/C23H26FN3O2/c1-16(28)27-12-11-17-7-4-5-10-20(17)21(27)14-23(29)25-15-22(26(2)3)18-8-6-9-19(24)13-18/h4-13,21-22H,14-15H2,1-3H3,(H,25,29)/t21-,22+/m1/s1. The largest absolute Gasteiger partial charge is 0.354 e. The quantitative estimate of drug-likeness (QED) is 0.814. The smallest absolute Gasteiger partial charge is 0.223 e. The van der Waals surface area contributed by atoms with Crippen LogP contribution in [0.3, 0.4) is 0 Å². The van der Waals surface area contributed by atoms with E-state index < -0.39 is 0 Å². The van der Waals surface area contributed by atoms with Gasteiger partial charge in [0.05, 0.1) is 18.5 Å². The van der Waals surface area contributed by atoms with Crippen molar-refractivity contribution in [1.82, 2.24) is 15.1 Å². The molecule has 2 aromatic carbocycles. The van der Waals surface area contributed by atoms with Gasteiger partial charge in [0.25, 0.3) is 0 Å². The molecule has 1 aliphatic heterocycles. The average molecular weight is 395 g/mol. The van der Waals surface area contributed by atoms with Gasteiger partial charge in [0.2, 0.25) is 11.8 Å². The molecule has 1 heterocycles. The second-order valence-electron chi connectivity index (χ2n) is 7.43. The van der Waals surface area contributed by atoms with Crippen LogP contribution in [0.5, 0.6) is 0 Å². The number of rotatable bonds is 6. The van der Waals surface area contributed by atoms with Gasteiger partial charge in [-0.1, -0.05) is 36.4 Å². The van der Waals surface area contributed by atoms with Crippen molar-refractivity contribution in [2.75, 3.05) is 20.6 Å². The molecule has 3 rings (SSSR count). The summed E-state index contributed by atoms with van der Waals surface area (Å²) < 4.78 is 13.6. The molecule has 0 spiro atoms. The summed E-state index contributed by atoms with van der Waals surface area (Å²) >= 11 is 0. The van der Waals surface area contributed by atoms with E-state index in [1.807, 2.05) is 55.4 Å². The van der Waals surface area contributed by atoms with Crippen LogP contribution in [-0.2, 0) is 9.59 Å². The highest BCUT2D eigenvalue weighted by molar-refractivity contribution is 5.81. The first kappa shape index (κ1) is 20.7. The van der Waals surface area contributed by atoms with E-state index in [0.29, 0.717) is 6.54 Å². The molecule has 0 radical (unpaired) electrons. The van der Waals surface area contributed by atoms with Gasteiger partial charge >= 0.3 is 0 Å². The lowest BCUT2D eigenvalue weighted by molar-refractivity contribution is -0.130. The van der Waals surface area contributed by atoms with Gasteiger partial charge in [-0.05, 0) is 49.0 Å². The molecule has 0 bridgehead atoms. The van der Waals surface area contributed by atoms with Crippen LogP contribution in [0.1, 0.15) is 42.1 Å². The van der Waals surface area contributed by atoms with E-state index in [1.54, 1.807) is 17.2 Å². The predicted molar refractivity (Wildman–Crippen MR) is 111 cm³/mol. The molecule has 2 atom stereocenters. The van der Waals surface area contributed by atoms with Gasteiger partial charge in [0.1, 0.15) is 5.82 Å². The van der Waals surface area contributed by atoms with Crippen LogP contribution in [0, 0.1) is 5.82 Å². The van der Waals surface area contributed by atoms with E-state index in [2.05, 4.69) is 5.32 Å². The molecule has 5 nitrogen and oxygen atoms in total. The summed E-state index contributed by atoms with van der Waals surface area (Å²) in [5.74, 6) is -0.572. The van der Waals surface area contributed by atoms with Crippen molar-refractivity contribution in [3.63, 3.8) is 0 Å². The first-order valence-electron chi connectivity index (χ1n) is 9.61. The molecule has 152 valence electrons. The van der Waals surface area contributed by atoms with Crippen LogP contribution in [0.25, 0.3) is 6.08 Å². The van der Waals surface area contributed by atoms with Gasteiger partial charge in [-0.15, -0.1) is 0 Å². The Hall–Kier alpha value is -2.99. The summed E-state index contributed by atoms with van der Waals surface area (Å²) in [6, 6.07) is 13.7. The van der Waals surface area contributed by atoms with Crippen molar-refractivity contribution in [1.29, 1.82) is 0 Å². The number of benzene rings is 2. The Bertz CT molecular complexity index is 926. The number of hydrogen-bond donors (Lipinski definition) is 1. The first-order valence-corrected chi connectivity index (χ1v) is 9.61. The van der Waals surface area contributed by atoms with Crippen molar-refractivity contribution in [3.05, 3.63) is 77.2 Å². The van der Waals surface area contributed by atoms with Crippen molar-refractivity contribution < 1.29 is 14.0 Å². The summed E-state index contributed by atoms with van der Waals surface area (Å²) in [4.78, 5) is 28.4. The summed E-state index contributed by atoms with van der Waals surface area (Å²) in [6.45, 7) is 1.84. The highest BCUT2D eigenvalue weighted by Crippen LogP contribution is 2.32. The van der Waals surface area contributed by atoms with Gasteiger partial charge < -0.3 is 15.1 Å². The van der Waals surface area contributed by atoms with Gasteiger partial charge in [-0.25, -0.2) is 4.39 Å². The number of nitrogens with zero attached hydrogens (tertiary/aromatic N) is 2. The van der Waals surface area contributed by atoms with Crippen molar-refractivity contribution >= 4 is 17.9 Å². The number of carbonyl (C=O) groups is 2. The Balaban J connectivity index is 1.71. The molecule has 0 aromatic heterocycles. The van der Waals surface area contributed by atoms with Crippen LogP contribution < -0.4 is 5.32 Å². The Morgan fingerprint density at radius 1 is 1.17 bits per heavy atom. The second-order valence-corrected chi connectivity index (χ2v) is 7.43. The average Bonchev–Trinajstić information content (AvgIpc) is 2.68. The second kappa shape index (κ2) is 9.01. The fourth-order valence-corrected chi connectivity index (χ4v) is 3.68. The van der Waals surface area contributed by atoms with E-state index in [-0.39, 0.29) is 36.1 Å². The normalized spacial score (nSPS) is 16.4. The topological polar surface area (TPSA) is 52.7 Å². The van der Waals surface area contributed by atoms with Crippen LogP contribution in [0.15, 0.2) is 54.7 Å². The van der Waals surface area contributed by atoms with Crippen molar-refractivity contribution in [2.45, 2.75) is 25.4 Å². The van der Waals surface area contributed by atoms with E-state index in [0.717, 1.165) is 16.7 Å². The monoisotopic (exact) mass is 395 g/mol. The maximum atomic E-state index is 13.6. The number of carbonyl (C=O) groups excluding carboxylic acids is 2. The Labute approximate surface area is 170 Å². The van der Waals surface area contributed by atoms with Crippen LogP contribution >= 0.6 is 0 Å². The van der Waals surface area contributed by atoms with Crippen LogP contribution in [0.2, 0.25) is 0 Å².